The summed E-state index contributed by atoms with van der Waals surface area (Å²) in [6, 6.07) is 8.93. The van der Waals surface area contributed by atoms with Crippen LogP contribution in [0.3, 0.4) is 0 Å². The quantitative estimate of drug-likeness (QED) is 0.869. The molecule has 0 atom stereocenters. The number of carbonyl (C=O) groups excluding carboxylic acids is 1. The summed E-state index contributed by atoms with van der Waals surface area (Å²) >= 11 is 0. The average Bonchev–Trinajstić information content (AvgIpc) is 2.42. The largest absolute Gasteiger partial charge is 0.398 e. The van der Waals surface area contributed by atoms with Crippen LogP contribution in [0, 0.1) is 5.82 Å². The highest BCUT2D eigenvalue weighted by Crippen LogP contribution is 2.05. The molecule has 2 aromatic rings. The highest BCUT2D eigenvalue weighted by Gasteiger charge is 2.06. The molecule has 1 aromatic carbocycles. The van der Waals surface area contributed by atoms with E-state index < -0.39 is 0 Å². The number of pyridine rings is 1. The molecule has 0 fully saturated rings. The van der Waals surface area contributed by atoms with Crippen LogP contribution >= 0.6 is 0 Å². The third-order valence-electron chi connectivity index (χ3n) is 2.75. The minimum atomic E-state index is -0.388. The predicted molar refractivity (Wildman–Crippen MR) is 73.4 cm³/mol. The third-order valence-corrected chi connectivity index (χ3v) is 2.75. The first-order valence-electron chi connectivity index (χ1n) is 6.02. The van der Waals surface area contributed by atoms with Crippen LogP contribution in [0.15, 0.2) is 47.4 Å². The molecule has 2 rings (SSSR count). The van der Waals surface area contributed by atoms with E-state index in [1.807, 2.05) is 0 Å². The van der Waals surface area contributed by atoms with Crippen molar-refractivity contribution >= 4 is 11.6 Å². The molecule has 1 amide bonds. The molecular formula is C14H14FN3O2. The van der Waals surface area contributed by atoms with Crippen LogP contribution in [-0.4, -0.2) is 10.5 Å². The molecule has 0 aliphatic heterocycles. The molecule has 5 nitrogen and oxygen atoms in total. The lowest BCUT2D eigenvalue weighted by Crippen LogP contribution is -2.31. The maximum atomic E-state index is 13.4. The topological polar surface area (TPSA) is 77.1 Å². The van der Waals surface area contributed by atoms with Crippen molar-refractivity contribution < 1.29 is 9.18 Å². The number of aromatic nitrogens is 1. The molecule has 0 spiro atoms. The summed E-state index contributed by atoms with van der Waals surface area (Å²) in [6.07, 6.45) is 1.39. The van der Waals surface area contributed by atoms with Crippen molar-refractivity contribution in [1.82, 2.24) is 9.88 Å². The van der Waals surface area contributed by atoms with Gasteiger partial charge in [-0.15, -0.1) is 0 Å². The minimum absolute atomic E-state index is 0.0720. The van der Waals surface area contributed by atoms with Crippen LogP contribution in [0.5, 0.6) is 0 Å². The van der Waals surface area contributed by atoms with E-state index in [1.54, 1.807) is 18.2 Å². The summed E-state index contributed by atoms with van der Waals surface area (Å²) in [6.45, 7) is -0.0824. The second kappa shape index (κ2) is 6.01. The lowest BCUT2D eigenvalue weighted by molar-refractivity contribution is -0.121. The molecule has 1 aromatic heterocycles. The SMILES string of the molecule is Nc1ccc(=O)n(CC(=O)NCc2ccccc2F)c1. The first-order chi connectivity index (χ1) is 9.56. The number of nitrogens with zero attached hydrogens (tertiary/aromatic N) is 1. The number of hydrogen-bond donors (Lipinski definition) is 2. The van der Waals surface area contributed by atoms with Crippen molar-refractivity contribution in [3.05, 3.63) is 64.3 Å². The second-order valence-electron chi connectivity index (χ2n) is 4.30. The Hall–Kier alpha value is -2.63. The number of nitrogens with one attached hydrogen (secondary N) is 1. The van der Waals surface area contributed by atoms with Crippen LogP contribution in [0.25, 0.3) is 0 Å². The molecule has 0 saturated carbocycles. The van der Waals surface area contributed by atoms with Crippen molar-refractivity contribution in [2.45, 2.75) is 13.1 Å². The average molecular weight is 275 g/mol. The smallest absolute Gasteiger partial charge is 0.251 e. The van der Waals surface area contributed by atoms with Gasteiger partial charge in [0, 0.05) is 30.1 Å². The molecule has 6 heteroatoms. The highest BCUT2D eigenvalue weighted by atomic mass is 19.1. The van der Waals surface area contributed by atoms with Crippen molar-refractivity contribution in [1.29, 1.82) is 0 Å². The molecular weight excluding hydrogens is 261 g/mol. The lowest BCUT2D eigenvalue weighted by Gasteiger charge is -2.08. The lowest BCUT2D eigenvalue weighted by atomic mass is 10.2. The maximum Gasteiger partial charge on any atom is 0.251 e. The summed E-state index contributed by atoms with van der Waals surface area (Å²) in [5.74, 6) is -0.769. The number of anilines is 1. The maximum absolute atomic E-state index is 13.4. The van der Waals surface area contributed by atoms with Crippen LogP contribution in [-0.2, 0) is 17.9 Å². The fourth-order valence-corrected chi connectivity index (χ4v) is 1.72. The van der Waals surface area contributed by atoms with E-state index in [-0.39, 0.29) is 30.4 Å². The molecule has 20 heavy (non-hydrogen) atoms. The summed E-state index contributed by atoms with van der Waals surface area (Å²) in [7, 11) is 0. The summed E-state index contributed by atoms with van der Waals surface area (Å²) in [5, 5.41) is 2.56. The van der Waals surface area contributed by atoms with E-state index in [0.717, 1.165) is 0 Å². The van der Waals surface area contributed by atoms with Gasteiger partial charge in [-0.1, -0.05) is 18.2 Å². The fraction of sp³-hybridized carbons (Fsp3) is 0.143. The normalized spacial score (nSPS) is 10.2. The Labute approximate surface area is 114 Å². The van der Waals surface area contributed by atoms with Crippen molar-refractivity contribution in [2.75, 3.05) is 5.73 Å². The third kappa shape index (κ3) is 3.44. The molecule has 0 bridgehead atoms. The first-order valence-corrected chi connectivity index (χ1v) is 6.02. The van der Waals surface area contributed by atoms with Gasteiger partial charge in [-0.05, 0) is 12.1 Å². The van der Waals surface area contributed by atoms with Crippen LogP contribution in [0.4, 0.5) is 10.1 Å². The van der Waals surface area contributed by atoms with Gasteiger partial charge in [-0.3, -0.25) is 9.59 Å². The van der Waals surface area contributed by atoms with Crippen LogP contribution < -0.4 is 16.6 Å². The van der Waals surface area contributed by atoms with Gasteiger partial charge >= 0.3 is 0 Å². The molecule has 0 saturated heterocycles. The number of nitrogen functional groups attached to an aromatic ring is 1. The number of benzene rings is 1. The van der Waals surface area contributed by atoms with Gasteiger partial charge in [-0.25, -0.2) is 4.39 Å². The molecule has 0 radical (unpaired) electrons. The number of carbonyl (C=O) groups is 1. The highest BCUT2D eigenvalue weighted by molar-refractivity contribution is 5.75. The number of nitrogens with two attached hydrogens (primary N) is 1. The van der Waals surface area contributed by atoms with Crippen molar-refractivity contribution in [2.24, 2.45) is 0 Å². The van der Waals surface area contributed by atoms with E-state index in [2.05, 4.69) is 5.32 Å². The zero-order valence-electron chi connectivity index (χ0n) is 10.7. The Morgan fingerprint density at radius 3 is 2.75 bits per heavy atom. The van der Waals surface area contributed by atoms with E-state index in [0.29, 0.717) is 11.3 Å². The zero-order chi connectivity index (χ0) is 14.5. The minimum Gasteiger partial charge on any atom is -0.398 e. The number of hydrogen-bond acceptors (Lipinski definition) is 3. The zero-order valence-corrected chi connectivity index (χ0v) is 10.7. The summed E-state index contributed by atoms with van der Waals surface area (Å²) < 4.78 is 14.6. The Morgan fingerprint density at radius 2 is 2.00 bits per heavy atom. The van der Waals surface area contributed by atoms with Gasteiger partial charge in [0.2, 0.25) is 5.91 Å². The Bertz CT molecular complexity index is 682. The molecule has 0 aliphatic rings. The van der Waals surface area contributed by atoms with E-state index in [9.17, 15) is 14.0 Å². The molecule has 104 valence electrons. The van der Waals surface area contributed by atoms with Gasteiger partial charge in [0.25, 0.3) is 5.56 Å². The second-order valence-corrected chi connectivity index (χ2v) is 4.30. The number of rotatable bonds is 4. The molecule has 0 unspecified atom stereocenters. The van der Waals surface area contributed by atoms with Gasteiger partial charge in [-0.2, -0.15) is 0 Å². The van der Waals surface area contributed by atoms with Gasteiger partial charge in [0.15, 0.2) is 0 Å². The number of halogens is 1. The van der Waals surface area contributed by atoms with Crippen LogP contribution in [0.2, 0.25) is 0 Å². The van der Waals surface area contributed by atoms with Crippen LogP contribution in [0.1, 0.15) is 5.56 Å². The van der Waals surface area contributed by atoms with Gasteiger partial charge in [0.1, 0.15) is 12.4 Å². The first kappa shape index (κ1) is 13.8. The van der Waals surface area contributed by atoms with E-state index in [1.165, 1.54) is 29.0 Å². The molecule has 3 N–H and O–H groups in total. The fourth-order valence-electron chi connectivity index (χ4n) is 1.72. The van der Waals surface area contributed by atoms with Crippen molar-refractivity contribution in [3.8, 4) is 0 Å². The van der Waals surface area contributed by atoms with Gasteiger partial charge in [0.05, 0.1) is 0 Å². The summed E-state index contributed by atoms with van der Waals surface area (Å²) in [4.78, 5) is 23.2. The monoisotopic (exact) mass is 275 g/mol. The van der Waals surface area contributed by atoms with Gasteiger partial charge < -0.3 is 15.6 Å². The standard InChI is InChI=1S/C14H14FN3O2/c15-12-4-2-1-3-10(12)7-17-13(19)9-18-8-11(16)5-6-14(18)20/h1-6,8H,7,9,16H2,(H,17,19). The molecule has 0 aliphatic carbocycles. The van der Waals surface area contributed by atoms with E-state index >= 15 is 0 Å². The number of amides is 1. The van der Waals surface area contributed by atoms with E-state index in [4.69, 9.17) is 5.73 Å². The summed E-state index contributed by atoms with van der Waals surface area (Å²) in [5.41, 5.74) is 6.01. The molecule has 1 heterocycles. The van der Waals surface area contributed by atoms with Crippen molar-refractivity contribution in [3.63, 3.8) is 0 Å². The Kier molecular flexibility index (Phi) is 4.14. The Morgan fingerprint density at radius 1 is 1.25 bits per heavy atom. The predicted octanol–water partition coefficient (Wildman–Crippen LogP) is 0.886. The Balaban J connectivity index is 1.98.